The minimum absolute atomic E-state index is 0.239. The Hall–Kier alpha value is -2.67. The van der Waals surface area contributed by atoms with Crippen molar-refractivity contribution in [2.45, 2.75) is 58.2 Å². The summed E-state index contributed by atoms with van der Waals surface area (Å²) in [5.41, 5.74) is 2.66. The van der Waals surface area contributed by atoms with E-state index in [-0.39, 0.29) is 12.0 Å². The van der Waals surface area contributed by atoms with Crippen LogP contribution in [0.2, 0.25) is 0 Å². The van der Waals surface area contributed by atoms with Gasteiger partial charge in [0.05, 0.1) is 6.10 Å². The molecule has 0 unspecified atom stereocenters. The Balaban J connectivity index is 1.22. The summed E-state index contributed by atoms with van der Waals surface area (Å²) in [7, 11) is 0. The number of carbonyl (C=O) groups is 1. The summed E-state index contributed by atoms with van der Waals surface area (Å²) in [4.78, 5) is 23.6. The number of nitrogens with one attached hydrogen (secondary N) is 1. The monoisotopic (exact) mass is 436 g/mol. The largest absolute Gasteiger partial charge is 0.488 e. The Morgan fingerprint density at radius 2 is 1.81 bits per heavy atom. The van der Waals surface area contributed by atoms with Crippen LogP contribution in [0.4, 0.5) is 11.6 Å². The van der Waals surface area contributed by atoms with Gasteiger partial charge >= 0.3 is 0 Å². The molecule has 2 aromatic rings. The number of aromatic nitrogens is 2. The topological polar surface area (TPSA) is 87.6 Å². The molecule has 5 rings (SSSR count). The minimum Gasteiger partial charge on any atom is -0.488 e. The van der Waals surface area contributed by atoms with Crippen LogP contribution < -0.4 is 10.1 Å². The van der Waals surface area contributed by atoms with Crippen molar-refractivity contribution in [1.29, 1.82) is 0 Å². The standard InChI is InChI=1S/C25H32N4O3/c1-15-9-16(2)27-25(26-15)28-20-7-4-8-21(12-20)32-23-11-19-14-29(13-18(19)10-22(23)30)24(31)17-5-3-6-17/h4,7-9,12,17-19,22-23,30H,3,5-6,10-11,13-14H2,1-2H3,(H,26,27,28)/t18-,19+,22+,23+/m0/s1. The molecule has 1 aromatic carbocycles. The van der Waals surface area contributed by atoms with E-state index >= 15 is 0 Å². The second-order valence-electron chi connectivity index (χ2n) is 9.71. The van der Waals surface area contributed by atoms with Crippen molar-refractivity contribution in [3.63, 3.8) is 0 Å². The number of hydrogen-bond donors (Lipinski definition) is 2. The third-order valence-corrected chi connectivity index (χ3v) is 7.21. The number of anilines is 2. The van der Waals surface area contributed by atoms with Crippen molar-refractivity contribution in [2.75, 3.05) is 18.4 Å². The molecule has 0 spiro atoms. The van der Waals surface area contributed by atoms with Crippen LogP contribution in [0.15, 0.2) is 30.3 Å². The number of ether oxygens (including phenoxy) is 1. The molecule has 4 atom stereocenters. The van der Waals surface area contributed by atoms with Crippen LogP contribution >= 0.6 is 0 Å². The van der Waals surface area contributed by atoms with E-state index in [0.29, 0.717) is 35.9 Å². The van der Waals surface area contributed by atoms with Crippen LogP contribution in [0.5, 0.6) is 5.75 Å². The van der Waals surface area contributed by atoms with E-state index in [9.17, 15) is 9.90 Å². The molecule has 1 aromatic heterocycles. The van der Waals surface area contributed by atoms with Gasteiger partial charge in [-0.2, -0.15) is 0 Å². The number of fused-ring (bicyclic) bond motifs is 1. The van der Waals surface area contributed by atoms with E-state index in [4.69, 9.17) is 4.74 Å². The zero-order valence-corrected chi connectivity index (χ0v) is 18.8. The molecular formula is C25H32N4O3. The highest BCUT2D eigenvalue weighted by molar-refractivity contribution is 5.79. The first-order valence-electron chi connectivity index (χ1n) is 11.8. The molecule has 7 heteroatoms. The number of benzene rings is 1. The SMILES string of the molecule is Cc1cc(C)nc(Nc2cccc(O[C@@H]3C[C@@H]4CN(C(=O)C5CCC5)C[C@@H]4C[C@H]3O)c2)n1. The Bertz CT molecular complexity index is 973. The molecular weight excluding hydrogens is 404 g/mol. The second kappa shape index (κ2) is 8.70. The molecule has 1 aliphatic heterocycles. The van der Waals surface area contributed by atoms with Gasteiger partial charge in [-0.05, 0) is 69.6 Å². The molecule has 1 saturated heterocycles. The minimum atomic E-state index is -0.519. The summed E-state index contributed by atoms with van der Waals surface area (Å²) in [5, 5.41) is 14.0. The van der Waals surface area contributed by atoms with E-state index in [1.807, 2.05) is 49.1 Å². The molecule has 32 heavy (non-hydrogen) atoms. The van der Waals surface area contributed by atoms with Gasteiger partial charge in [0.2, 0.25) is 11.9 Å². The van der Waals surface area contributed by atoms with E-state index in [0.717, 1.165) is 49.4 Å². The van der Waals surface area contributed by atoms with Gasteiger partial charge in [-0.3, -0.25) is 4.79 Å². The maximum Gasteiger partial charge on any atom is 0.227 e. The van der Waals surface area contributed by atoms with Gasteiger partial charge < -0.3 is 20.1 Å². The fourth-order valence-corrected chi connectivity index (χ4v) is 5.34. The normalized spacial score (nSPS) is 27.5. The number of aryl methyl sites for hydroxylation is 2. The van der Waals surface area contributed by atoms with Crippen molar-refractivity contribution < 1.29 is 14.6 Å². The van der Waals surface area contributed by atoms with Gasteiger partial charge in [-0.1, -0.05) is 12.5 Å². The summed E-state index contributed by atoms with van der Waals surface area (Å²) >= 11 is 0. The summed E-state index contributed by atoms with van der Waals surface area (Å²) in [5.74, 6) is 2.61. The van der Waals surface area contributed by atoms with Crippen molar-refractivity contribution in [3.05, 3.63) is 41.7 Å². The number of amides is 1. The van der Waals surface area contributed by atoms with Crippen molar-refractivity contribution in [3.8, 4) is 5.75 Å². The number of hydrogen-bond acceptors (Lipinski definition) is 6. The number of nitrogens with zero attached hydrogens (tertiary/aromatic N) is 3. The van der Waals surface area contributed by atoms with Crippen molar-refractivity contribution in [2.24, 2.45) is 17.8 Å². The summed E-state index contributed by atoms with van der Waals surface area (Å²) in [6, 6.07) is 9.63. The predicted molar refractivity (Wildman–Crippen MR) is 122 cm³/mol. The fraction of sp³-hybridized carbons (Fsp3) is 0.560. The van der Waals surface area contributed by atoms with Gasteiger partial charge in [0, 0.05) is 42.1 Å². The van der Waals surface area contributed by atoms with Gasteiger partial charge in [-0.25, -0.2) is 9.97 Å². The molecule has 3 aliphatic rings. The Kier molecular flexibility index (Phi) is 5.76. The maximum atomic E-state index is 12.7. The first-order valence-corrected chi connectivity index (χ1v) is 11.8. The summed E-state index contributed by atoms with van der Waals surface area (Å²) < 4.78 is 6.24. The Labute approximate surface area is 189 Å². The smallest absolute Gasteiger partial charge is 0.227 e. The van der Waals surface area contributed by atoms with Crippen LogP contribution in [0.1, 0.15) is 43.5 Å². The van der Waals surface area contributed by atoms with Crippen LogP contribution in [-0.4, -0.2) is 51.2 Å². The molecule has 0 bridgehead atoms. The summed E-state index contributed by atoms with van der Waals surface area (Å²) in [6.07, 6.45) is 3.94. The lowest BCUT2D eigenvalue weighted by Gasteiger charge is -2.35. The fourth-order valence-electron chi connectivity index (χ4n) is 5.34. The second-order valence-corrected chi connectivity index (χ2v) is 9.71. The van der Waals surface area contributed by atoms with E-state index < -0.39 is 6.10 Å². The number of aliphatic hydroxyl groups excluding tert-OH is 1. The number of aliphatic hydroxyl groups is 1. The molecule has 7 nitrogen and oxygen atoms in total. The lowest BCUT2D eigenvalue weighted by molar-refractivity contribution is -0.137. The van der Waals surface area contributed by atoms with Gasteiger partial charge in [0.1, 0.15) is 11.9 Å². The number of likely N-dealkylation sites (tertiary alicyclic amines) is 1. The van der Waals surface area contributed by atoms with Crippen LogP contribution in [0.3, 0.4) is 0 Å². The number of carbonyl (C=O) groups excluding carboxylic acids is 1. The van der Waals surface area contributed by atoms with Crippen LogP contribution in [0.25, 0.3) is 0 Å². The molecule has 3 fully saturated rings. The third-order valence-electron chi connectivity index (χ3n) is 7.21. The molecule has 2 saturated carbocycles. The number of rotatable bonds is 5. The van der Waals surface area contributed by atoms with Crippen molar-refractivity contribution in [1.82, 2.24) is 14.9 Å². The first kappa shape index (κ1) is 21.2. The van der Waals surface area contributed by atoms with Gasteiger partial charge in [-0.15, -0.1) is 0 Å². The maximum absolute atomic E-state index is 12.7. The van der Waals surface area contributed by atoms with E-state index in [1.165, 1.54) is 6.42 Å². The Morgan fingerprint density at radius 3 is 2.50 bits per heavy atom. The van der Waals surface area contributed by atoms with Crippen LogP contribution in [0, 0.1) is 31.6 Å². The molecule has 2 aliphatic carbocycles. The quantitative estimate of drug-likeness (QED) is 0.745. The zero-order valence-electron chi connectivity index (χ0n) is 18.8. The predicted octanol–water partition coefficient (Wildman–Crippen LogP) is 3.61. The lowest BCUT2D eigenvalue weighted by Crippen LogP contribution is -2.42. The van der Waals surface area contributed by atoms with E-state index in [1.54, 1.807) is 0 Å². The Morgan fingerprint density at radius 1 is 1.09 bits per heavy atom. The van der Waals surface area contributed by atoms with Crippen molar-refractivity contribution >= 4 is 17.5 Å². The highest BCUT2D eigenvalue weighted by atomic mass is 16.5. The molecule has 2 heterocycles. The van der Waals surface area contributed by atoms with Gasteiger partial charge in [0.15, 0.2) is 0 Å². The average molecular weight is 437 g/mol. The highest BCUT2D eigenvalue weighted by Crippen LogP contribution is 2.40. The van der Waals surface area contributed by atoms with E-state index in [2.05, 4.69) is 15.3 Å². The average Bonchev–Trinajstić information content (AvgIpc) is 3.09. The molecule has 170 valence electrons. The summed E-state index contributed by atoms with van der Waals surface area (Å²) in [6.45, 7) is 5.49. The molecule has 1 amide bonds. The van der Waals surface area contributed by atoms with Gasteiger partial charge in [0.25, 0.3) is 0 Å². The highest BCUT2D eigenvalue weighted by Gasteiger charge is 2.45. The zero-order chi connectivity index (χ0) is 22.2. The first-order chi connectivity index (χ1) is 15.4. The molecule has 0 radical (unpaired) electrons. The lowest BCUT2D eigenvalue weighted by atomic mass is 9.78. The third kappa shape index (κ3) is 4.44. The van der Waals surface area contributed by atoms with Crippen LogP contribution in [-0.2, 0) is 4.79 Å². The molecule has 2 N–H and O–H groups in total.